The maximum absolute atomic E-state index is 11.4. The maximum Gasteiger partial charge on any atom is 0.211 e. The molecule has 0 aromatic heterocycles. The lowest BCUT2D eigenvalue weighted by molar-refractivity contribution is 0.577. The molecule has 0 unspecified atom stereocenters. The fourth-order valence-electron chi connectivity index (χ4n) is 1.06. The molecule has 0 spiro atoms. The van der Waals surface area contributed by atoms with Gasteiger partial charge in [0.15, 0.2) is 0 Å². The van der Waals surface area contributed by atoms with E-state index in [9.17, 15) is 8.42 Å². The topological polar surface area (TPSA) is 58.2 Å². The third-order valence-corrected chi connectivity index (χ3v) is 3.90. The quantitative estimate of drug-likeness (QED) is 0.562. The molecule has 0 atom stereocenters. The van der Waals surface area contributed by atoms with E-state index in [1.807, 2.05) is 6.26 Å². The average Bonchev–Trinajstić information content (AvgIpc) is 2.17. The van der Waals surface area contributed by atoms with Gasteiger partial charge in [0.2, 0.25) is 10.0 Å². The fourth-order valence-corrected chi connectivity index (χ4v) is 2.58. The first kappa shape index (κ1) is 15.2. The van der Waals surface area contributed by atoms with Gasteiger partial charge in [-0.3, -0.25) is 0 Å². The number of hydrogen-bond donors (Lipinski definition) is 2. The van der Waals surface area contributed by atoms with Gasteiger partial charge in [0.05, 0.1) is 5.75 Å². The zero-order valence-corrected chi connectivity index (χ0v) is 11.2. The molecule has 0 fully saturated rings. The van der Waals surface area contributed by atoms with Crippen LogP contribution >= 0.6 is 11.8 Å². The van der Waals surface area contributed by atoms with Crippen molar-refractivity contribution in [1.29, 1.82) is 0 Å². The van der Waals surface area contributed by atoms with Crippen molar-refractivity contribution in [3.8, 4) is 0 Å². The van der Waals surface area contributed by atoms with E-state index in [0.29, 0.717) is 13.0 Å². The molecule has 0 rings (SSSR count). The Morgan fingerprint density at radius 1 is 1.20 bits per heavy atom. The summed E-state index contributed by atoms with van der Waals surface area (Å²) in [7, 11) is -3.04. The van der Waals surface area contributed by atoms with E-state index in [2.05, 4.69) is 17.0 Å². The number of thioether (sulfide) groups is 1. The van der Waals surface area contributed by atoms with Gasteiger partial charge in [-0.05, 0) is 32.2 Å². The van der Waals surface area contributed by atoms with Crippen LogP contribution in [0.25, 0.3) is 0 Å². The van der Waals surface area contributed by atoms with Crippen LogP contribution in [0.1, 0.15) is 19.8 Å². The van der Waals surface area contributed by atoms with E-state index in [4.69, 9.17) is 0 Å². The highest BCUT2D eigenvalue weighted by Gasteiger charge is 2.07. The molecule has 4 nitrogen and oxygen atoms in total. The highest BCUT2D eigenvalue weighted by atomic mass is 32.2. The Bertz CT molecular complexity index is 230. The summed E-state index contributed by atoms with van der Waals surface area (Å²) in [5.74, 6) is 1.05. The SMILES string of the molecule is CCCNCCCS(=O)(=O)NCCSC. The van der Waals surface area contributed by atoms with Crippen molar-refractivity contribution in [2.45, 2.75) is 19.8 Å². The average molecular weight is 254 g/mol. The van der Waals surface area contributed by atoms with Gasteiger partial charge >= 0.3 is 0 Å². The van der Waals surface area contributed by atoms with Crippen molar-refractivity contribution in [3.63, 3.8) is 0 Å². The van der Waals surface area contributed by atoms with Gasteiger partial charge in [-0.15, -0.1) is 0 Å². The van der Waals surface area contributed by atoms with Crippen LogP contribution in [0.2, 0.25) is 0 Å². The first-order chi connectivity index (χ1) is 7.12. The van der Waals surface area contributed by atoms with Gasteiger partial charge in [-0.2, -0.15) is 11.8 Å². The van der Waals surface area contributed by atoms with Crippen molar-refractivity contribution < 1.29 is 8.42 Å². The minimum Gasteiger partial charge on any atom is -0.317 e. The van der Waals surface area contributed by atoms with Gasteiger partial charge in [0.1, 0.15) is 0 Å². The van der Waals surface area contributed by atoms with Gasteiger partial charge in [0, 0.05) is 12.3 Å². The van der Waals surface area contributed by atoms with Crippen LogP contribution in [0.3, 0.4) is 0 Å². The van der Waals surface area contributed by atoms with Gasteiger partial charge in [0.25, 0.3) is 0 Å². The van der Waals surface area contributed by atoms with Crippen LogP contribution in [0.15, 0.2) is 0 Å². The Morgan fingerprint density at radius 3 is 2.53 bits per heavy atom. The second-order valence-corrected chi connectivity index (χ2v) is 6.22. The van der Waals surface area contributed by atoms with Gasteiger partial charge in [-0.1, -0.05) is 6.92 Å². The Hall–Kier alpha value is 0.220. The van der Waals surface area contributed by atoms with E-state index >= 15 is 0 Å². The Labute approximate surface area is 97.6 Å². The van der Waals surface area contributed by atoms with E-state index in [1.54, 1.807) is 11.8 Å². The van der Waals surface area contributed by atoms with Crippen molar-refractivity contribution >= 4 is 21.8 Å². The minimum absolute atomic E-state index is 0.220. The number of rotatable bonds is 10. The lowest BCUT2D eigenvalue weighted by atomic mass is 10.4. The fraction of sp³-hybridized carbons (Fsp3) is 1.00. The summed E-state index contributed by atoms with van der Waals surface area (Å²) in [5, 5.41) is 3.18. The standard InChI is InChI=1S/C9H22N2O2S2/c1-3-5-10-6-4-9-15(12,13)11-7-8-14-2/h10-11H,3-9H2,1-2H3. The van der Waals surface area contributed by atoms with Crippen LogP contribution in [0.4, 0.5) is 0 Å². The second kappa shape index (κ2) is 9.45. The number of nitrogens with one attached hydrogen (secondary N) is 2. The van der Waals surface area contributed by atoms with Crippen molar-refractivity contribution in [2.24, 2.45) is 0 Å². The summed E-state index contributed by atoms with van der Waals surface area (Å²) in [6, 6.07) is 0. The van der Waals surface area contributed by atoms with Crippen molar-refractivity contribution in [3.05, 3.63) is 0 Å². The molecule has 0 aliphatic carbocycles. The Kier molecular flexibility index (Phi) is 9.58. The summed E-state index contributed by atoms with van der Waals surface area (Å²) < 4.78 is 25.4. The highest BCUT2D eigenvalue weighted by molar-refractivity contribution is 7.98. The monoisotopic (exact) mass is 254 g/mol. The molecule has 0 radical (unpaired) electrons. The van der Waals surface area contributed by atoms with Crippen molar-refractivity contribution in [1.82, 2.24) is 10.0 Å². The van der Waals surface area contributed by atoms with E-state index in [1.165, 1.54) is 0 Å². The van der Waals surface area contributed by atoms with Crippen LogP contribution in [0, 0.1) is 0 Å². The molecule has 0 bridgehead atoms. The normalized spacial score (nSPS) is 11.9. The predicted molar refractivity (Wildman–Crippen MR) is 67.9 cm³/mol. The highest BCUT2D eigenvalue weighted by Crippen LogP contribution is 1.92. The van der Waals surface area contributed by atoms with E-state index < -0.39 is 10.0 Å². The third-order valence-electron chi connectivity index (χ3n) is 1.82. The molecule has 0 aromatic carbocycles. The molecule has 0 aliphatic heterocycles. The van der Waals surface area contributed by atoms with Crippen LogP contribution in [0.5, 0.6) is 0 Å². The first-order valence-electron chi connectivity index (χ1n) is 5.29. The molecule has 92 valence electrons. The first-order valence-corrected chi connectivity index (χ1v) is 8.34. The number of sulfonamides is 1. The lowest BCUT2D eigenvalue weighted by Crippen LogP contribution is -2.30. The smallest absolute Gasteiger partial charge is 0.211 e. The number of hydrogen-bond acceptors (Lipinski definition) is 4. The van der Waals surface area contributed by atoms with Gasteiger partial charge in [-0.25, -0.2) is 13.1 Å². The maximum atomic E-state index is 11.4. The zero-order valence-electron chi connectivity index (χ0n) is 9.58. The molecular formula is C9H22N2O2S2. The van der Waals surface area contributed by atoms with E-state index in [0.717, 1.165) is 25.3 Å². The Balaban J connectivity index is 3.47. The minimum atomic E-state index is -3.04. The molecule has 6 heteroatoms. The lowest BCUT2D eigenvalue weighted by Gasteiger charge is -2.06. The molecule has 2 N–H and O–H groups in total. The summed E-state index contributed by atoms with van der Waals surface area (Å²) in [4.78, 5) is 0. The molecule has 0 aliphatic rings. The van der Waals surface area contributed by atoms with Crippen LogP contribution in [-0.2, 0) is 10.0 Å². The molecule has 0 aromatic rings. The second-order valence-electron chi connectivity index (χ2n) is 3.31. The molecule has 0 saturated heterocycles. The van der Waals surface area contributed by atoms with Crippen LogP contribution < -0.4 is 10.0 Å². The predicted octanol–water partition coefficient (Wildman–Crippen LogP) is 0.659. The van der Waals surface area contributed by atoms with Crippen LogP contribution in [-0.4, -0.2) is 45.8 Å². The summed E-state index contributed by atoms with van der Waals surface area (Å²) in [6.07, 6.45) is 3.72. The molecule has 0 amide bonds. The summed E-state index contributed by atoms with van der Waals surface area (Å²) in [6.45, 7) is 4.36. The molecule has 0 saturated carbocycles. The largest absolute Gasteiger partial charge is 0.317 e. The molecular weight excluding hydrogens is 232 g/mol. The van der Waals surface area contributed by atoms with Gasteiger partial charge < -0.3 is 5.32 Å². The Morgan fingerprint density at radius 2 is 1.93 bits per heavy atom. The van der Waals surface area contributed by atoms with Crippen molar-refractivity contribution in [2.75, 3.05) is 37.4 Å². The third kappa shape index (κ3) is 10.5. The molecule has 0 heterocycles. The molecule has 15 heavy (non-hydrogen) atoms. The summed E-state index contributed by atoms with van der Waals surface area (Å²) in [5.41, 5.74) is 0. The summed E-state index contributed by atoms with van der Waals surface area (Å²) >= 11 is 1.64. The zero-order chi connectivity index (χ0) is 11.6. The van der Waals surface area contributed by atoms with E-state index in [-0.39, 0.29) is 5.75 Å².